The van der Waals surface area contributed by atoms with E-state index in [-0.39, 0.29) is 35.5 Å². The molecular formula is C18H29FIN5O. The van der Waals surface area contributed by atoms with Gasteiger partial charge < -0.3 is 15.0 Å². The van der Waals surface area contributed by atoms with Crippen molar-refractivity contribution in [2.75, 3.05) is 60.5 Å². The quantitative estimate of drug-likeness (QED) is 0.396. The Kier molecular flexibility index (Phi) is 7.90. The Hall–Kier alpha value is -1.13. The summed E-state index contributed by atoms with van der Waals surface area (Å²) in [5.74, 6) is 0.760. The number of hydrogen-bond donors (Lipinski definition) is 1. The first kappa shape index (κ1) is 21.2. The highest BCUT2D eigenvalue weighted by atomic mass is 127. The molecule has 0 spiro atoms. The molecule has 1 N–H and O–H groups in total. The number of guanidine groups is 1. The fraction of sp³-hybridized carbons (Fsp3) is 0.611. The van der Waals surface area contributed by atoms with Crippen LogP contribution in [0.25, 0.3) is 0 Å². The second kappa shape index (κ2) is 9.70. The van der Waals surface area contributed by atoms with Crippen molar-refractivity contribution in [3.8, 4) is 5.75 Å². The van der Waals surface area contributed by atoms with E-state index in [1.807, 2.05) is 18.0 Å². The number of halogens is 2. The van der Waals surface area contributed by atoms with E-state index >= 15 is 0 Å². The maximum absolute atomic E-state index is 13.9. The molecule has 2 bridgehead atoms. The van der Waals surface area contributed by atoms with Crippen LogP contribution < -0.4 is 10.1 Å². The Morgan fingerprint density at radius 3 is 2.62 bits per heavy atom. The van der Waals surface area contributed by atoms with Crippen LogP contribution in [0.1, 0.15) is 5.56 Å². The van der Waals surface area contributed by atoms with Gasteiger partial charge in [-0.25, -0.2) is 4.39 Å². The SMILES string of the molecule is CN=C(NCC1CN2CCN1CC2)N(C)Cc1ccc(OC)c(F)c1.I. The molecule has 0 saturated carbocycles. The Bertz CT molecular complexity index is 622. The number of methoxy groups -OCH3 is 1. The lowest BCUT2D eigenvalue weighted by atomic mass is 10.1. The van der Waals surface area contributed by atoms with Crippen molar-refractivity contribution >= 4 is 29.9 Å². The summed E-state index contributed by atoms with van der Waals surface area (Å²) in [6, 6.07) is 5.59. The largest absolute Gasteiger partial charge is 0.494 e. The first-order valence-corrected chi connectivity index (χ1v) is 8.81. The molecule has 0 amide bonds. The predicted molar refractivity (Wildman–Crippen MR) is 113 cm³/mol. The maximum Gasteiger partial charge on any atom is 0.193 e. The molecule has 1 atom stereocenters. The highest BCUT2D eigenvalue weighted by Crippen LogP contribution is 2.18. The topological polar surface area (TPSA) is 43.3 Å². The van der Waals surface area contributed by atoms with Crippen molar-refractivity contribution in [2.24, 2.45) is 4.99 Å². The van der Waals surface area contributed by atoms with Crippen molar-refractivity contribution < 1.29 is 9.13 Å². The summed E-state index contributed by atoms with van der Waals surface area (Å²) in [4.78, 5) is 11.5. The smallest absolute Gasteiger partial charge is 0.193 e. The van der Waals surface area contributed by atoms with Crippen LogP contribution in [0.4, 0.5) is 4.39 Å². The Labute approximate surface area is 172 Å². The van der Waals surface area contributed by atoms with E-state index in [0.717, 1.165) is 37.7 Å². The maximum atomic E-state index is 13.9. The summed E-state index contributed by atoms with van der Waals surface area (Å²) in [6.45, 7) is 7.28. The molecule has 1 aromatic rings. The van der Waals surface area contributed by atoms with E-state index in [4.69, 9.17) is 4.74 Å². The summed E-state index contributed by atoms with van der Waals surface area (Å²) in [7, 11) is 5.22. The van der Waals surface area contributed by atoms with E-state index < -0.39 is 0 Å². The van der Waals surface area contributed by atoms with Gasteiger partial charge in [0.15, 0.2) is 17.5 Å². The van der Waals surface area contributed by atoms with E-state index in [1.54, 1.807) is 13.1 Å². The Morgan fingerprint density at radius 1 is 1.35 bits per heavy atom. The summed E-state index contributed by atoms with van der Waals surface area (Å²) < 4.78 is 18.8. The third kappa shape index (κ3) is 4.98. The molecule has 3 saturated heterocycles. The van der Waals surface area contributed by atoms with Gasteiger partial charge in [0.2, 0.25) is 0 Å². The lowest BCUT2D eigenvalue weighted by Gasteiger charge is -2.47. The van der Waals surface area contributed by atoms with Crippen LogP contribution in [0.2, 0.25) is 0 Å². The molecule has 146 valence electrons. The average molecular weight is 477 g/mol. The molecule has 3 heterocycles. The van der Waals surface area contributed by atoms with Gasteiger partial charge in [0.25, 0.3) is 0 Å². The van der Waals surface area contributed by atoms with Gasteiger partial charge >= 0.3 is 0 Å². The molecule has 26 heavy (non-hydrogen) atoms. The minimum atomic E-state index is -0.337. The first-order chi connectivity index (χ1) is 12.1. The van der Waals surface area contributed by atoms with E-state index in [0.29, 0.717) is 12.6 Å². The minimum Gasteiger partial charge on any atom is -0.494 e. The zero-order valence-electron chi connectivity index (χ0n) is 15.7. The van der Waals surface area contributed by atoms with Gasteiger partial charge in [0.1, 0.15) is 0 Å². The van der Waals surface area contributed by atoms with E-state index in [1.165, 1.54) is 26.3 Å². The van der Waals surface area contributed by atoms with Gasteiger partial charge in [0.05, 0.1) is 7.11 Å². The van der Waals surface area contributed by atoms with E-state index in [2.05, 4.69) is 20.1 Å². The van der Waals surface area contributed by atoms with Gasteiger partial charge in [-0.15, -0.1) is 24.0 Å². The number of ether oxygens (including phenoxy) is 1. The molecule has 3 aliphatic heterocycles. The highest BCUT2D eigenvalue weighted by Gasteiger charge is 2.31. The summed E-state index contributed by atoms with van der Waals surface area (Å²) >= 11 is 0. The number of nitrogens with zero attached hydrogens (tertiary/aromatic N) is 4. The van der Waals surface area contributed by atoms with Crippen LogP contribution in [-0.2, 0) is 6.54 Å². The van der Waals surface area contributed by atoms with Crippen molar-refractivity contribution in [1.82, 2.24) is 20.0 Å². The first-order valence-electron chi connectivity index (χ1n) is 8.81. The summed E-state index contributed by atoms with van der Waals surface area (Å²) in [5, 5.41) is 3.47. The minimum absolute atomic E-state index is 0. The average Bonchev–Trinajstić information content (AvgIpc) is 2.63. The third-order valence-corrected chi connectivity index (χ3v) is 5.10. The van der Waals surface area contributed by atoms with Gasteiger partial charge in [-0.1, -0.05) is 6.07 Å². The monoisotopic (exact) mass is 477 g/mol. The van der Waals surface area contributed by atoms with Gasteiger partial charge in [-0.2, -0.15) is 0 Å². The normalized spacial score (nSPS) is 24.8. The summed E-state index contributed by atoms with van der Waals surface area (Å²) in [6.07, 6.45) is 0. The molecule has 6 nitrogen and oxygen atoms in total. The van der Waals surface area contributed by atoms with Crippen LogP contribution >= 0.6 is 24.0 Å². The molecule has 8 heteroatoms. The van der Waals surface area contributed by atoms with Gasteiger partial charge in [-0.05, 0) is 17.7 Å². The van der Waals surface area contributed by atoms with E-state index in [9.17, 15) is 4.39 Å². The van der Waals surface area contributed by atoms with Crippen molar-refractivity contribution in [3.63, 3.8) is 0 Å². The molecule has 0 aliphatic carbocycles. The molecule has 1 unspecified atom stereocenters. The molecule has 0 radical (unpaired) electrons. The lowest BCUT2D eigenvalue weighted by molar-refractivity contribution is 0.0152. The zero-order chi connectivity index (χ0) is 17.8. The van der Waals surface area contributed by atoms with Crippen LogP contribution in [0.5, 0.6) is 5.75 Å². The Balaban J connectivity index is 0.00000243. The number of fused-ring (bicyclic) bond motifs is 3. The number of nitrogens with one attached hydrogen (secondary N) is 1. The molecule has 3 aliphatic rings. The van der Waals surface area contributed by atoms with Crippen LogP contribution in [0, 0.1) is 5.82 Å². The molecule has 4 rings (SSSR count). The molecule has 3 fully saturated rings. The number of benzene rings is 1. The second-order valence-corrected chi connectivity index (χ2v) is 6.74. The fourth-order valence-electron chi connectivity index (χ4n) is 3.67. The number of hydrogen-bond acceptors (Lipinski definition) is 4. The predicted octanol–water partition coefficient (Wildman–Crippen LogP) is 1.46. The molecule has 0 aromatic heterocycles. The fourth-order valence-corrected chi connectivity index (χ4v) is 3.67. The van der Waals surface area contributed by atoms with Crippen molar-refractivity contribution in [1.29, 1.82) is 0 Å². The number of aliphatic imine (C=N–C) groups is 1. The van der Waals surface area contributed by atoms with Crippen molar-refractivity contribution in [2.45, 2.75) is 12.6 Å². The van der Waals surface area contributed by atoms with Gasteiger partial charge in [-0.3, -0.25) is 14.8 Å². The van der Waals surface area contributed by atoms with Gasteiger partial charge in [0, 0.05) is 66.0 Å². The lowest BCUT2D eigenvalue weighted by Crippen LogP contribution is -2.63. The number of rotatable bonds is 5. The second-order valence-electron chi connectivity index (χ2n) is 6.74. The highest BCUT2D eigenvalue weighted by molar-refractivity contribution is 14.0. The summed E-state index contributed by atoms with van der Waals surface area (Å²) in [5.41, 5.74) is 0.885. The number of piperazine rings is 3. The van der Waals surface area contributed by atoms with Crippen LogP contribution in [-0.4, -0.2) is 87.2 Å². The molecule has 1 aromatic carbocycles. The van der Waals surface area contributed by atoms with Crippen LogP contribution in [0.15, 0.2) is 23.2 Å². The molecular weight excluding hydrogens is 448 g/mol. The Morgan fingerprint density at radius 2 is 2.08 bits per heavy atom. The van der Waals surface area contributed by atoms with Crippen molar-refractivity contribution in [3.05, 3.63) is 29.6 Å². The standard InChI is InChI=1S/C18H28FN5O.HI/c1-20-18(21-11-15-13-23-6-8-24(15)9-7-23)22(2)12-14-4-5-17(25-3)16(19)10-14;/h4-5,10,15H,6-9,11-13H2,1-3H3,(H,20,21);1H. The van der Waals surface area contributed by atoms with Crippen LogP contribution in [0.3, 0.4) is 0 Å². The third-order valence-electron chi connectivity index (χ3n) is 5.10. The zero-order valence-corrected chi connectivity index (χ0v) is 18.1.